The molecule has 0 unspecified atom stereocenters. The van der Waals surface area contributed by atoms with Crippen LogP contribution in [0.25, 0.3) is 0 Å². The highest BCUT2D eigenvalue weighted by atomic mass is 16.6. The number of carbonyl (C=O) groups excluding carboxylic acids is 2. The molecule has 9 nitrogen and oxygen atoms in total. The molecule has 2 amide bonds. The molecule has 1 aromatic rings. The van der Waals surface area contributed by atoms with E-state index < -0.39 is 17.2 Å². The number of likely N-dealkylation sites (N-methyl/N-ethyl adjacent to an activating group) is 1. The van der Waals surface area contributed by atoms with Crippen molar-refractivity contribution < 1.29 is 14.3 Å². The molecule has 32 heavy (non-hydrogen) atoms. The van der Waals surface area contributed by atoms with Gasteiger partial charge >= 0.3 is 6.09 Å². The molecule has 1 rings (SSSR count). The summed E-state index contributed by atoms with van der Waals surface area (Å²) >= 11 is 0. The Balaban J connectivity index is 2.54. The number of guanidine groups is 1. The molecule has 1 heterocycles. The number of alkyl carbamates (subject to hydrolysis) is 1. The van der Waals surface area contributed by atoms with E-state index in [9.17, 15) is 9.59 Å². The quantitative estimate of drug-likeness (QED) is 0.375. The zero-order valence-corrected chi connectivity index (χ0v) is 20.6. The van der Waals surface area contributed by atoms with E-state index in [0.29, 0.717) is 38.3 Å². The van der Waals surface area contributed by atoms with Crippen LogP contribution in [0.15, 0.2) is 29.4 Å². The fraction of sp³-hybridized carbons (Fsp3) is 0.652. The van der Waals surface area contributed by atoms with Gasteiger partial charge in [-0.1, -0.05) is 19.9 Å². The number of pyridine rings is 1. The summed E-state index contributed by atoms with van der Waals surface area (Å²) in [5, 5.41) is 9.26. The van der Waals surface area contributed by atoms with Crippen LogP contribution < -0.4 is 16.0 Å². The van der Waals surface area contributed by atoms with Gasteiger partial charge < -0.3 is 25.6 Å². The van der Waals surface area contributed by atoms with Crippen molar-refractivity contribution in [3.63, 3.8) is 0 Å². The number of amides is 2. The molecule has 0 saturated heterocycles. The summed E-state index contributed by atoms with van der Waals surface area (Å²) < 4.78 is 5.41. The molecule has 0 aromatic carbocycles. The summed E-state index contributed by atoms with van der Waals surface area (Å²) in [5.41, 5.74) is -0.111. The first kappa shape index (κ1) is 27.2. The summed E-state index contributed by atoms with van der Waals surface area (Å²) in [4.78, 5) is 34.9. The first-order valence-electron chi connectivity index (χ1n) is 11.1. The minimum absolute atomic E-state index is 0.0481. The van der Waals surface area contributed by atoms with E-state index in [4.69, 9.17) is 4.74 Å². The fourth-order valence-electron chi connectivity index (χ4n) is 2.96. The van der Waals surface area contributed by atoms with E-state index in [0.717, 1.165) is 5.69 Å². The Morgan fingerprint density at radius 1 is 1.16 bits per heavy atom. The summed E-state index contributed by atoms with van der Waals surface area (Å²) in [6.07, 6.45) is 3.42. The zero-order chi connectivity index (χ0) is 24.2. The second kappa shape index (κ2) is 12.9. The van der Waals surface area contributed by atoms with Gasteiger partial charge in [0.05, 0.1) is 12.1 Å². The molecule has 0 aliphatic heterocycles. The number of ether oxygens (including phenoxy) is 1. The Bertz CT molecular complexity index is 742. The van der Waals surface area contributed by atoms with Crippen molar-refractivity contribution in [1.29, 1.82) is 0 Å². The predicted molar refractivity (Wildman–Crippen MR) is 128 cm³/mol. The number of hydrogen-bond donors (Lipinski definition) is 3. The topological polar surface area (TPSA) is 108 Å². The van der Waals surface area contributed by atoms with Gasteiger partial charge in [0.25, 0.3) is 0 Å². The maximum atomic E-state index is 12.5. The maximum absolute atomic E-state index is 12.5. The second-order valence-corrected chi connectivity index (χ2v) is 8.78. The molecule has 0 bridgehead atoms. The van der Waals surface area contributed by atoms with Crippen molar-refractivity contribution in [3.8, 4) is 0 Å². The lowest BCUT2D eigenvalue weighted by molar-refractivity contribution is -0.128. The third-order valence-electron chi connectivity index (χ3n) is 5.20. The fourth-order valence-corrected chi connectivity index (χ4v) is 2.96. The number of nitrogens with zero attached hydrogens (tertiary/aromatic N) is 3. The van der Waals surface area contributed by atoms with Gasteiger partial charge in [0.15, 0.2) is 5.96 Å². The van der Waals surface area contributed by atoms with E-state index in [1.807, 2.05) is 52.8 Å². The molecular weight excluding hydrogens is 408 g/mol. The van der Waals surface area contributed by atoms with Crippen molar-refractivity contribution in [1.82, 2.24) is 25.8 Å². The molecule has 0 saturated carbocycles. The molecule has 0 radical (unpaired) electrons. The van der Waals surface area contributed by atoms with E-state index >= 15 is 0 Å². The Morgan fingerprint density at radius 3 is 2.38 bits per heavy atom. The van der Waals surface area contributed by atoms with E-state index in [-0.39, 0.29) is 12.5 Å². The van der Waals surface area contributed by atoms with Gasteiger partial charge in [0.2, 0.25) is 5.91 Å². The molecule has 0 aliphatic rings. The van der Waals surface area contributed by atoms with Gasteiger partial charge in [-0.05, 0) is 45.7 Å². The van der Waals surface area contributed by atoms with E-state index in [2.05, 4.69) is 25.9 Å². The first-order valence-corrected chi connectivity index (χ1v) is 11.1. The minimum Gasteiger partial charge on any atom is -0.444 e. The van der Waals surface area contributed by atoms with Crippen LogP contribution in [0, 0.1) is 0 Å². The van der Waals surface area contributed by atoms with Crippen LogP contribution in [-0.4, -0.2) is 72.7 Å². The van der Waals surface area contributed by atoms with Crippen LogP contribution in [0.5, 0.6) is 0 Å². The van der Waals surface area contributed by atoms with Gasteiger partial charge in [0.1, 0.15) is 5.60 Å². The highest BCUT2D eigenvalue weighted by Crippen LogP contribution is 2.16. The Hall–Kier alpha value is -2.84. The van der Waals surface area contributed by atoms with Crippen molar-refractivity contribution in [2.75, 3.05) is 33.7 Å². The summed E-state index contributed by atoms with van der Waals surface area (Å²) in [5.74, 6) is 0.446. The van der Waals surface area contributed by atoms with Gasteiger partial charge in [-0.3, -0.25) is 14.8 Å². The molecule has 0 aliphatic carbocycles. The highest BCUT2D eigenvalue weighted by Gasteiger charge is 2.30. The van der Waals surface area contributed by atoms with Crippen LogP contribution >= 0.6 is 0 Å². The third kappa shape index (κ3) is 9.98. The first-order chi connectivity index (χ1) is 15.0. The van der Waals surface area contributed by atoms with Crippen molar-refractivity contribution >= 4 is 18.0 Å². The standard InChI is InChI=1S/C23H40N6O3/c1-8-23(9-2,28-21(31)32-22(3,4)5)17-27-20(24-6)26-16-19(30)29(7)15-13-18-12-10-11-14-25-18/h10-12,14H,8-9,13,15-17H2,1-7H3,(H,28,31)(H2,24,26,27). The van der Waals surface area contributed by atoms with Crippen LogP contribution in [0.4, 0.5) is 4.79 Å². The SMILES string of the molecule is CCC(CC)(CNC(=NC)NCC(=O)N(C)CCc1ccccn1)NC(=O)OC(C)(C)C. The Labute approximate surface area is 192 Å². The number of rotatable bonds is 10. The number of nitrogens with one attached hydrogen (secondary N) is 3. The lowest BCUT2D eigenvalue weighted by Gasteiger charge is -2.34. The van der Waals surface area contributed by atoms with Crippen LogP contribution in [-0.2, 0) is 16.0 Å². The molecule has 0 spiro atoms. The highest BCUT2D eigenvalue weighted by molar-refractivity contribution is 5.86. The monoisotopic (exact) mass is 448 g/mol. The third-order valence-corrected chi connectivity index (χ3v) is 5.20. The summed E-state index contributed by atoms with van der Waals surface area (Å²) in [6.45, 7) is 10.7. The van der Waals surface area contributed by atoms with Crippen LogP contribution in [0.2, 0.25) is 0 Å². The van der Waals surface area contributed by atoms with Gasteiger partial charge in [-0.25, -0.2) is 4.79 Å². The summed E-state index contributed by atoms with van der Waals surface area (Å²) in [7, 11) is 3.42. The zero-order valence-electron chi connectivity index (χ0n) is 20.6. The number of aromatic nitrogens is 1. The smallest absolute Gasteiger partial charge is 0.408 e. The molecule has 1 aromatic heterocycles. The number of hydrogen-bond acceptors (Lipinski definition) is 5. The number of carbonyl (C=O) groups is 2. The lowest BCUT2D eigenvalue weighted by Crippen LogP contribution is -2.57. The second-order valence-electron chi connectivity index (χ2n) is 8.78. The predicted octanol–water partition coefficient (Wildman–Crippen LogP) is 2.33. The van der Waals surface area contributed by atoms with Gasteiger partial charge in [-0.2, -0.15) is 0 Å². The summed E-state index contributed by atoms with van der Waals surface area (Å²) in [6, 6.07) is 5.75. The molecule has 180 valence electrons. The van der Waals surface area contributed by atoms with Gasteiger partial charge in [-0.15, -0.1) is 0 Å². The van der Waals surface area contributed by atoms with Crippen LogP contribution in [0.3, 0.4) is 0 Å². The Kier molecular flexibility index (Phi) is 10.9. The van der Waals surface area contributed by atoms with Crippen molar-refractivity contribution in [2.45, 2.75) is 65.0 Å². The Morgan fingerprint density at radius 2 is 1.84 bits per heavy atom. The van der Waals surface area contributed by atoms with Crippen molar-refractivity contribution in [2.24, 2.45) is 4.99 Å². The lowest BCUT2D eigenvalue weighted by atomic mass is 9.93. The average Bonchev–Trinajstić information content (AvgIpc) is 2.75. The maximum Gasteiger partial charge on any atom is 0.408 e. The van der Waals surface area contributed by atoms with Crippen LogP contribution in [0.1, 0.15) is 53.2 Å². The minimum atomic E-state index is -0.564. The van der Waals surface area contributed by atoms with E-state index in [1.54, 1.807) is 25.2 Å². The van der Waals surface area contributed by atoms with Gasteiger partial charge in [0, 0.05) is 45.5 Å². The van der Waals surface area contributed by atoms with Crippen molar-refractivity contribution in [3.05, 3.63) is 30.1 Å². The molecular formula is C23H40N6O3. The molecule has 3 N–H and O–H groups in total. The number of aliphatic imine (C=N–C) groups is 1. The normalized spacial score (nSPS) is 12.2. The largest absolute Gasteiger partial charge is 0.444 e. The van der Waals surface area contributed by atoms with E-state index in [1.165, 1.54) is 0 Å². The molecule has 0 atom stereocenters. The molecule has 9 heteroatoms. The molecule has 0 fully saturated rings. The average molecular weight is 449 g/mol.